The third-order valence-corrected chi connectivity index (χ3v) is 26.9. The molecule has 7 saturated heterocycles. The summed E-state index contributed by atoms with van der Waals surface area (Å²) in [5, 5.41) is 210. The van der Waals surface area contributed by atoms with E-state index in [0.717, 1.165) is 5.57 Å². The van der Waals surface area contributed by atoms with E-state index in [1.165, 1.54) is 20.8 Å². The van der Waals surface area contributed by atoms with Crippen LogP contribution in [0.5, 0.6) is 0 Å². The number of rotatable bonds is 16. The van der Waals surface area contributed by atoms with Crippen LogP contribution < -0.4 is 0 Å². The second-order valence-corrected chi connectivity index (χ2v) is 33.9. The summed E-state index contributed by atoms with van der Waals surface area (Å²) in [6.07, 6.45) is -49.4. The molecule has 34 heteroatoms. The zero-order valence-electron chi connectivity index (χ0n) is 60.3. The van der Waals surface area contributed by atoms with Crippen LogP contribution in [0.4, 0.5) is 0 Å². The largest absolute Gasteiger partial charge is 0.432 e. The Labute approximate surface area is 602 Å². The molecule has 0 unspecified atom stereocenters. The lowest BCUT2D eigenvalue weighted by molar-refractivity contribution is -0.382. The van der Waals surface area contributed by atoms with Crippen molar-refractivity contribution < 1.29 is 168 Å². The topological polar surface area (TPSA) is 531 Å². The molecular formula is C70H114O34. The predicted octanol–water partition coefficient (Wildman–Crippen LogP) is -5.23. The van der Waals surface area contributed by atoms with Crippen LogP contribution in [0, 0.1) is 50.2 Å². The highest BCUT2D eigenvalue weighted by Crippen LogP contribution is 2.76. The number of aliphatic hydroxyl groups excluding tert-OH is 19. The van der Waals surface area contributed by atoms with Gasteiger partial charge in [-0.2, -0.15) is 0 Å². The fourth-order valence-electron chi connectivity index (χ4n) is 20.3. The minimum Gasteiger partial charge on any atom is -0.432 e. The molecule has 12 rings (SSSR count). The lowest BCUT2D eigenvalue weighted by Gasteiger charge is -2.71. The molecule has 12 aliphatic rings. The van der Waals surface area contributed by atoms with Crippen LogP contribution in [0.1, 0.15) is 127 Å². The number of fused-ring (bicyclic) bond motifs is 7. The van der Waals surface area contributed by atoms with Crippen molar-refractivity contribution in [2.75, 3.05) is 26.4 Å². The molecule has 0 aromatic rings. The minimum atomic E-state index is -1.98. The van der Waals surface area contributed by atoms with Gasteiger partial charge in [-0.05, 0) is 123 Å². The summed E-state index contributed by atoms with van der Waals surface area (Å²) >= 11 is 0. The lowest BCUT2D eigenvalue weighted by Crippen LogP contribution is -2.68. The Morgan fingerprint density at radius 2 is 0.971 bits per heavy atom. The van der Waals surface area contributed by atoms with E-state index < -0.39 is 280 Å². The SMILES string of the molecule is C[C@@H]1O[C@H](O[C@H]2[C@H](OC(=O)[C@]34CCC(C)(C)C[C@H]3C3=CC[C@H]5[C@]6(C)CC[C@H](O[C@H]7O[C@H](CO[C@@H]8OC[C@H](O)[C@@H](O)[C@H]8O)[C@@H](O)[C@@H](O[C@@H]8O[C@@H](C)[C@@H](O[C@H]9O[C@H](C)[C@@H](O)[C@H](O)[C@H]9O)[C@@H](O)[C@H]8O)[C@@H]7O)C(C)(C)[C@H]6CC[C@]5(C)[C@@]3(C)C[C@H]4O)OC[C@H](O)[C@H]2O)[C@@H](O)[C@@H](O)[C@H]1O[C@H]1O[C@@H](CO)[C@@H](O)[C@@H](O)[C@@H]1O. The zero-order valence-corrected chi connectivity index (χ0v) is 60.3. The summed E-state index contributed by atoms with van der Waals surface area (Å²) in [5.41, 5.74) is -3.14. The zero-order chi connectivity index (χ0) is 75.9. The number of esters is 1. The Kier molecular flexibility index (Phi) is 23.8. The summed E-state index contributed by atoms with van der Waals surface area (Å²) in [5.74, 6) is -1.46. The summed E-state index contributed by atoms with van der Waals surface area (Å²) in [6.45, 7) is 17.2. The molecule has 42 atom stereocenters. The van der Waals surface area contributed by atoms with Gasteiger partial charge in [0.05, 0.1) is 56.9 Å². The van der Waals surface area contributed by atoms with E-state index in [-0.39, 0.29) is 30.1 Å². The van der Waals surface area contributed by atoms with E-state index in [2.05, 4.69) is 54.5 Å². The van der Waals surface area contributed by atoms with Crippen molar-refractivity contribution in [1.29, 1.82) is 0 Å². The third kappa shape index (κ3) is 14.0. The van der Waals surface area contributed by atoms with Crippen molar-refractivity contribution in [1.82, 2.24) is 0 Å². The van der Waals surface area contributed by atoms with Gasteiger partial charge in [0.1, 0.15) is 140 Å². The molecule has 5 aliphatic carbocycles. The van der Waals surface area contributed by atoms with Gasteiger partial charge in [0.25, 0.3) is 0 Å². The van der Waals surface area contributed by atoms with Crippen LogP contribution >= 0.6 is 0 Å². The second-order valence-electron chi connectivity index (χ2n) is 33.9. The first-order valence-corrected chi connectivity index (χ1v) is 36.8. The Morgan fingerprint density at radius 1 is 0.462 bits per heavy atom. The molecule has 0 spiro atoms. The van der Waals surface area contributed by atoms with Crippen molar-refractivity contribution in [3.05, 3.63) is 11.6 Å². The molecule has 104 heavy (non-hydrogen) atoms. The van der Waals surface area contributed by atoms with Gasteiger partial charge in [-0.1, -0.05) is 60.1 Å². The third-order valence-electron chi connectivity index (χ3n) is 26.9. The normalized spacial score (nSPS) is 55.4. The van der Waals surface area contributed by atoms with E-state index in [0.29, 0.717) is 44.9 Å². The summed E-state index contributed by atoms with van der Waals surface area (Å²) < 4.78 is 84.0. The monoisotopic (exact) mass is 1500 g/mol. The van der Waals surface area contributed by atoms with Gasteiger partial charge >= 0.3 is 5.97 Å². The molecular weight excluding hydrogens is 1380 g/mol. The highest BCUT2D eigenvalue weighted by atomic mass is 16.8. The molecule has 19 N–H and O–H groups in total. The minimum absolute atomic E-state index is 0.00320. The first kappa shape index (κ1) is 81.4. The maximum atomic E-state index is 15.6. The standard InChI is InChI=1S/C70H114O34/c1-25-38(75)43(80)48(85)58(94-25)100-53-26(2)95-59(50(87)45(53)82)102-55-42(79)33(24-93-57-47(84)39(76)30(72)22-91-57)98-62(52(55)89)99-37-14-15-67(8)34(66(37,6)7)13-16-68(9)35(67)12-11-28-29-19-65(4,5)17-18-70(29,36(74)20-69(28,68)10)64(90)104-63-56(40(77)31(73)23-92-63)103-60-51(88)46(83)54(27(3)96-60)101-61-49(86)44(81)41(78)32(21-71)97-61/h11,25-27,29-63,71-89H,12-24H2,1-10H3/t25-,26+,27+,29+,30+,31+,32+,33-,34-,35+,36-,37+,38-,39-,40-,41-,42-,43+,44-,45+,46-,47-,48-,49+,50-,51+,52+,53-,54+,55-,56-,57+,58-,59+,60-,61-,62-,63+,67-,68+,69+,70-/m1/s1. The van der Waals surface area contributed by atoms with Gasteiger partial charge < -0.3 is 163 Å². The van der Waals surface area contributed by atoms with Crippen molar-refractivity contribution in [2.24, 2.45) is 50.2 Å². The molecule has 0 bridgehead atoms. The van der Waals surface area contributed by atoms with E-state index in [1.54, 1.807) is 0 Å². The smallest absolute Gasteiger partial charge is 0.317 e. The van der Waals surface area contributed by atoms with Crippen molar-refractivity contribution in [2.45, 2.75) is 342 Å². The van der Waals surface area contributed by atoms with Gasteiger partial charge in [-0.25, -0.2) is 0 Å². The Bertz CT molecular complexity index is 2970. The first-order chi connectivity index (χ1) is 48.7. The second kappa shape index (κ2) is 30.5. The van der Waals surface area contributed by atoms with E-state index >= 15 is 4.79 Å². The number of carbonyl (C=O) groups is 1. The summed E-state index contributed by atoms with van der Waals surface area (Å²) in [6, 6.07) is 0. The van der Waals surface area contributed by atoms with Crippen molar-refractivity contribution in [3.8, 4) is 0 Å². The van der Waals surface area contributed by atoms with Crippen LogP contribution in [-0.2, 0) is 71.1 Å². The molecule has 11 fully saturated rings. The molecule has 0 aromatic carbocycles. The highest BCUT2D eigenvalue weighted by Gasteiger charge is 2.73. The van der Waals surface area contributed by atoms with Gasteiger partial charge in [0.15, 0.2) is 43.8 Å². The maximum absolute atomic E-state index is 15.6. The van der Waals surface area contributed by atoms with Crippen molar-refractivity contribution in [3.63, 3.8) is 0 Å². The summed E-state index contributed by atoms with van der Waals surface area (Å²) in [4.78, 5) is 15.6. The number of allylic oxidation sites excluding steroid dienone is 2. The number of hydrogen-bond donors (Lipinski definition) is 19. The molecule has 0 aromatic heterocycles. The van der Waals surface area contributed by atoms with Gasteiger partial charge in [-0.15, -0.1) is 0 Å². The molecule has 4 saturated carbocycles. The number of ether oxygens (including phenoxy) is 14. The summed E-state index contributed by atoms with van der Waals surface area (Å²) in [7, 11) is 0. The molecule has 598 valence electrons. The maximum Gasteiger partial charge on any atom is 0.317 e. The molecule has 7 heterocycles. The molecule has 34 nitrogen and oxygen atoms in total. The quantitative estimate of drug-likeness (QED) is 0.0390. The fraction of sp³-hybridized carbons (Fsp3) is 0.957. The van der Waals surface area contributed by atoms with Gasteiger partial charge in [0.2, 0.25) is 6.29 Å². The molecule has 0 amide bonds. The highest BCUT2D eigenvalue weighted by molar-refractivity contribution is 5.80. The molecule has 7 aliphatic heterocycles. The van der Waals surface area contributed by atoms with E-state index in [1.807, 2.05) is 0 Å². The van der Waals surface area contributed by atoms with Gasteiger partial charge in [-0.3, -0.25) is 4.79 Å². The van der Waals surface area contributed by atoms with Crippen LogP contribution in [-0.4, -0.2) is 344 Å². The van der Waals surface area contributed by atoms with Gasteiger partial charge in [0, 0.05) is 0 Å². The van der Waals surface area contributed by atoms with Crippen molar-refractivity contribution >= 4 is 5.97 Å². The van der Waals surface area contributed by atoms with E-state index in [9.17, 15) is 97.0 Å². The number of hydrogen-bond acceptors (Lipinski definition) is 34. The van der Waals surface area contributed by atoms with Crippen LogP contribution in [0.25, 0.3) is 0 Å². The van der Waals surface area contributed by atoms with E-state index in [4.69, 9.17) is 66.3 Å². The Morgan fingerprint density at radius 3 is 1.58 bits per heavy atom. The van der Waals surface area contributed by atoms with Crippen LogP contribution in [0.15, 0.2) is 11.6 Å². The average molecular weight is 1500 g/mol. The Balaban J connectivity index is 0.754. The fourth-order valence-corrected chi connectivity index (χ4v) is 20.3. The Hall–Kier alpha value is -2.07. The first-order valence-electron chi connectivity index (χ1n) is 36.8. The van der Waals surface area contributed by atoms with Crippen LogP contribution in [0.3, 0.4) is 0 Å². The predicted molar refractivity (Wildman–Crippen MR) is 346 cm³/mol. The lowest BCUT2D eigenvalue weighted by atomic mass is 9.33. The number of aliphatic hydroxyl groups is 19. The van der Waals surface area contributed by atoms with Crippen LogP contribution in [0.2, 0.25) is 0 Å². The molecule has 0 radical (unpaired) electrons. The number of carbonyl (C=O) groups excluding carboxylic acids is 1. The average Bonchev–Trinajstić information content (AvgIpc) is 0.671.